The van der Waals surface area contributed by atoms with Gasteiger partial charge < -0.3 is 10.1 Å². The lowest BCUT2D eigenvalue weighted by Crippen LogP contribution is -2.24. The Morgan fingerprint density at radius 2 is 1.81 bits per heavy atom. The first kappa shape index (κ1) is 17.8. The topological polar surface area (TPSA) is 51.2 Å². The Morgan fingerprint density at radius 1 is 1.08 bits per heavy atom. The van der Waals surface area contributed by atoms with Crippen molar-refractivity contribution in [1.82, 2.24) is 10.3 Å². The van der Waals surface area contributed by atoms with Gasteiger partial charge >= 0.3 is 6.09 Å². The Hall–Kier alpha value is -3.03. The standard InChI is InChI=1S/C21H17ClN2O2/c22-20-19-12-5-4-11-18(19)17(14-24-20)10-6-7-13-23-21(25)26-15-16-8-2-1-3-9-16/h1-5,8-9,11-12,14H,7,13,15H2,(H,23,25). The molecule has 0 atom stereocenters. The first-order valence-electron chi connectivity index (χ1n) is 8.21. The first-order chi connectivity index (χ1) is 12.7. The minimum absolute atomic E-state index is 0.251. The number of halogens is 1. The van der Waals surface area contributed by atoms with Gasteiger partial charge in [-0.1, -0.05) is 78.0 Å². The highest BCUT2D eigenvalue weighted by molar-refractivity contribution is 6.34. The maximum atomic E-state index is 11.7. The summed E-state index contributed by atoms with van der Waals surface area (Å²) < 4.78 is 5.14. The SMILES string of the molecule is O=C(NCCC#Cc1cnc(Cl)c2ccccc12)OCc1ccccc1. The second-order valence-electron chi connectivity index (χ2n) is 5.55. The van der Waals surface area contributed by atoms with Crippen LogP contribution in [0.2, 0.25) is 5.15 Å². The fourth-order valence-electron chi connectivity index (χ4n) is 2.42. The molecule has 0 saturated heterocycles. The molecular weight excluding hydrogens is 348 g/mol. The van der Waals surface area contributed by atoms with Crippen LogP contribution >= 0.6 is 11.6 Å². The Labute approximate surface area is 157 Å². The molecule has 1 aromatic heterocycles. The molecule has 3 rings (SSSR count). The van der Waals surface area contributed by atoms with Crippen molar-refractivity contribution in [2.75, 3.05) is 6.54 Å². The van der Waals surface area contributed by atoms with Crippen molar-refractivity contribution in [2.45, 2.75) is 13.0 Å². The quantitative estimate of drug-likeness (QED) is 0.419. The van der Waals surface area contributed by atoms with Crippen molar-refractivity contribution in [2.24, 2.45) is 0 Å². The zero-order chi connectivity index (χ0) is 18.2. The predicted octanol–water partition coefficient (Wildman–Crippen LogP) is 4.56. The second kappa shape index (κ2) is 8.89. The minimum atomic E-state index is -0.450. The Bertz CT molecular complexity index is 962. The van der Waals surface area contributed by atoms with Crippen LogP contribution in [0.3, 0.4) is 0 Å². The van der Waals surface area contributed by atoms with E-state index in [1.165, 1.54) is 0 Å². The Kier molecular flexibility index (Phi) is 6.08. The summed E-state index contributed by atoms with van der Waals surface area (Å²) in [4.78, 5) is 15.8. The Morgan fingerprint density at radius 3 is 2.62 bits per heavy atom. The van der Waals surface area contributed by atoms with E-state index in [2.05, 4.69) is 22.1 Å². The van der Waals surface area contributed by atoms with Gasteiger partial charge in [0.25, 0.3) is 0 Å². The molecule has 2 aromatic carbocycles. The van der Waals surface area contributed by atoms with E-state index in [0.717, 1.165) is 21.9 Å². The largest absolute Gasteiger partial charge is 0.445 e. The van der Waals surface area contributed by atoms with E-state index in [9.17, 15) is 4.79 Å². The van der Waals surface area contributed by atoms with Gasteiger partial charge in [-0.15, -0.1) is 0 Å². The average Bonchev–Trinajstić information content (AvgIpc) is 2.69. The number of carbonyl (C=O) groups is 1. The summed E-state index contributed by atoms with van der Waals surface area (Å²) in [7, 11) is 0. The van der Waals surface area contributed by atoms with E-state index in [1.807, 2.05) is 54.6 Å². The molecule has 0 aliphatic carbocycles. The van der Waals surface area contributed by atoms with Crippen LogP contribution in [0.4, 0.5) is 4.79 Å². The van der Waals surface area contributed by atoms with E-state index in [1.54, 1.807) is 6.20 Å². The van der Waals surface area contributed by atoms with Gasteiger partial charge in [0.15, 0.2) is 0 Å². The Balaban J connectivity index is 1.49. The number of hydrogen-bond donors (Lipinski definition) is 1. The van der Waals surface area contributed by atoms with Gasteiger partial charge in [0.2, 0.25) is 0 Å². The summed E-state index contributed by atoms with van der Waals surface area (Å²) in [5, 5.41) is 5.00. The molecule has 0 saturated carbocycles. The average molecular weight is 365 g/mol. The van der Waals surface area contributed by atoms with Gasteiger partial charge in [-0.05, 0) is 5.56 Å². The number of ether oxygens (including phenoxy) is 1. The summed E-state index contributed by atoms with van der Waals surface area (Å²) in [5.74, 6) is 6.12. The highest BCUT2D eigenvalue weighted by Crippen LogP contribution is 2.23. The molecule has 0 spiro atoms. The first-order valence-corrected chi connectivity index (χ1v) is 8.58. The monoisotopic (exact) mass is 364 g/mol. The van der Waals surface area contributed by atoms with Crippen LogP contribution in [0.25, 0.3) is 10.8 Å². The van der Waals surface area contributed by atoms with Gasteiger partial charge in [-0.2, -0.15) is 0 Å². The predicted molar refractivity (Wildman–Crippen MR) is 103 cm³/mol. The van der Waals surface area contributed by atoms with Crippen LogP contribution in [0, 0.1) is 11.8 Å². The van der Waals surface area contributed by atoms with Crippen molar-refractivity contribution in [3.05, 3.63) is 77.1 Å². The molecule has 130 valence electrons. The van der Waals surface area contributed by atoms with E-state index >= 15 is 0 Å². The molecular formula is C21H17ClN2O2. The lowest BCUT2D eigenvalue weighted by Gasteiger charge is -2.05. The number of hydrogen-bond acceptors (Lipinski definition) is 3. The zero-order valence-electron chi connectivity index (χ0n) is 14.0. The van der Waals surface area contributed by atoms with Gasteiger partial charge in [0.1, 0.15) is 11.8 Å². The lowest BCUT2D eigenvalue weighted by atomic mass is 10.1. The van der Waals surface area contributed by atoms with Crippen LogP contribution in [0.5, 0.6) is 0 Å². The summed E-state index contributed by atoms with van der Waals surface area (Å²) >= 11 is 6.10. The second-order valence-corrected chi connectivity index (χ2v) is 5.91. The van der Waals surface area contributed by atoms with Crippen molar-refractivity contribution in [3.8, 4) is 11.8 Å². The smallest absolute Gasteiger partial charge is 0.407 e. The molecule has 5 heteroatoms. The van der Waals surface area contributed by atoms with Crippen LogP contribution in [-0.2, 0) is 11.3 Å². The number of pyridine rings is 1. The van der Waals surface area contributed by atoms with Crippen LogP contribution in [-0.4, -0.2) is 17.6 Å². The normalized spacial score (nSPS) is 10.0. The molecule has 0 radical (unpaired) electrons. The summed E-state index contributed by atoms with van der Waals surface area (Å²) in [6.07, 6.45) is 1.73. The molecule has 26 heavy (non-hydrogen) atoms. The molecule has 3 aromatic rings. The van der Waals surface area contributed by atoms with Gasteiger partial charge in [-0.3, -0.25) is 0 Å². The zero-order valence-corrected chi connectivity index (χ0v) is 14.8. The summed E-state index contributed by atoms with van der Waals surface area (Å²) in [6.45, 7) is 0.667. The molecule has 1 heterocycles. The fraction of sp³-hybridized carbons (Fsp3) is 0.143. The maximum absolute atomic E-state index is 11.7. The summed E-state index contributed by atoms with van der Waals surface area (Å²) in [6, 6.07) is 17.3. The number of alkyl carbamates (subject to hydrolysis) is 1. The third-order valence-corrected chi connectivity index (χ3v) is 4.00. The number of nitrogens with one attached hydrogen (secondary N) is 1. The van der Waals surface area contributed by atoms with Gasteiger partial charge in [-0.25, -0.2) is 9.78 Å². The minimum Gasteiger partial charge on any atom is -0.445 e. The number of benzene rings is 2. The third-order valence-electron chi connectivity index (χ3n) is 3.70. The van der Waals surface area contributed by atoms with Crippen LogP contribution in [0.1, 0.15) is 17.5 Å². The molecule has 1 amide bonds. The van der Waals surface area contributed by atoms with Crippen molar-refractivity contribution in [3.63, 3.8) is 0 Å². The van der Waals surface area contributed by atoms with Crippen molar-refractivity contribution >= 4 is 28.5 Å². The van der Waals surface area contributed by atoms with Crippen LogP contribution < -0.4 is 5.32 Å². The third kappa shape index (κ3) is 4.75. The van der Waals surface area contributed by atoms with Crippen molar-refractivity contribution in [1.29, 1.82) is 0 Å². The highest BCUT2D eigenvalue weighted by atomic mass is 35.5. The molecule has 0 fully saturated rings. The molecule has 0 unspecified atom stereocenters. The van der Waals surface area contributed by atoms with E-state index < -0.39 is 6.09 Å². The molecule has 0 bridgehead atoms. The summed E-state index contributed by atoms with van der Waals surface area (Å²) in [5.41, 5.74) is 1.77. The lowest BCUT2D eigenvalue weighted by molar-refractivity contribution is 0.140. The van der Waals surface area contributed by atoms with Crippen molar-refractivity contribution < 1.29 is 9.53 Å². The van der Waals surface area contributed by atoms with E-state index in [4.69, 9.17) is 16.3 Å². The van der Waals surface area contributed by atoms with E-state index in [-0.39, 0.29) is 6.61 Å². The molecule has 4 nitrogen and oxygen atoms in total. The number of nitrogens with zero attached hydrogens (tertiary/aromatic N) is 1. The number of carbonyl (C=O) groups excluding carboxylic acids is 1. The number of rotatable bonds is 4. The highest BCUT2D eigenvalue weighted by Gasteiger charge is 2.03. The van der Waals surface area contributed by atoms with Crippen LogP contribution in [0.15, 0.2) is 60.8 Å². The molecule has 1 N–H and O–H groups in total. The fourth-order valence-corrected chi connectivity index (χ4v) is 2.63. The van der Waals surface area contributed by atoms with Gasteiger partial charge in [0, 0.05) is 29.9 Å². The molecule has 0 aliphatic rings. The van der Waals surface area contributed by atoms with E-state index in [0.29, 0.717) is 18.1 Å². The number of amides is 1. The maximum Gasteiger partial charge on any atom is 0.407 e. The number of fused-ring (bicyclic) bond motifs is 1. The van der Waals surface area contributed by atoms with Gasteiger partial charge in [0.05, 0.1) is 5.56 Å². The molecule has 0 aliphatic heterocycles. The number of aromatic nitrogens is 1.